The molecule has 0 aromatic heterocycles. The van der Waals surface area contributed by atoms with Crippen LogP contribution in [-0.4, -0.2) is 18.0 Å². The van der Waals surface area contributed by atoms with Gasteiger partial charge < -0.3 is 10.6 Å². The molecule has 0 spiro atoms. The standard InChI is InChI=1S/C13H18Br2N2O/c1-8-5-9(14)12(10(15)6-8)16-7-11(18)17-13(2,3)4/h5-6,16H,7H2,1-4H3,(H,17,18). The molecule has 0 bridgehead atoms. The number of rotatable bonds is 3. The Kier molecular flexibility index (Phi) is 5.22. The normalized spacial score (nSPS) is 11.2. The molecule has 3 nitrogen and oxygen atoms in total. The zero-order valence-electron chi connectivity index (χ0n) is 11.0. The molecule has 1 amide bonds. The lowest BCUT2D eigenvalue weighted by Gasteiger charge is -2.21. The molecule has 100 valence electrons. The summed E-state index contributed by atoms with van der Waals surface area (Å²) in [6.07, 6.45) is 0. The minimum Gasteiger partial charge on any atom is -0.374 e. The van der Waals surface area contributed by atoms with Gasteiger partial charge >= 0.3 is 0 Å². The summed E-state index contributed by atoms with van der Waals surface area (Å²) in [7, 11) is 0. The molecule has 1 aromatic rings. The number of anilines is 1. The van der Waals surface area contributed by atoms with Crippen molar-refractivity contribution in [2.24, 2.45) is 0 Å². The van der Waals surface area contributed by atoms with Crippen molar-refractivity contribution in [2.45, 2.75) is 33.2 Å². The van der Waals surface area contributed by atoms with E-state index in [1.165, 1.54) is 0 Å². The Morgan fingerprint density at radius 1 is 1.22 bits per heavy atom. The number of carbonyl (C=O) groups is 1. The number of hydrogen-bond acceptors (Lipinski definition) is 2. The Hall–Kier alpha value is -0.550. The van der Waals surface area contributed by atoms with Crippen LogP contribution in [-0.2, 0) is 4.79 Å². The lowest BCUT2D eigenvalue weighted by atomic mass is 10.1. The van der Waals surface area contributed by atoms with Gasteiger partial charge in [-0.05, 0) is 77.3 Å². The van der Waals surface area contributed by atoms with Crippen molar-refractivity contribution in [3.05, 3.63) is 26.6 Å². The van der Waals surface area contributed by atoms with Gasteiger partial charge in [0.1, 0.15) is 0 Å². The summed E-state index contributed by atoms with van der Waals surface area (Å²) in [5.74, 6) is -0.0260. The van der Waals surface area contributed by atoms with Gasteiger partial charge in [0.15, 0.2) is 0 Å². The van der Waals surface area contributed by atoms with E-state index in [1.54, 1.807) is 0 Å². The third-order valence-corrected chi connectivity index (χ3v) is 3.38. The SMILES string of the molecule is Cc1cc(Br)c(NCC(=O)NC(C)(C)C)c(Br)c1. The van der Waals surface area contributed by atoms with Crippen LogP contribution in [0, 0.1) is 6.92 Å². The number of halogens is 2. The lowest BCUT2D eigenvalue weighted by Crippen LogP contribution is -2.43. The maximum Gasteiger partial charge on any atom is 0.239 e. The first-order valence-corrected chi connectivity index (χ1v) is 7.28. The number of nitrogens with one attached hydrogen (secondary N) is 2. The second kappa shape index (κ2) is 6.06. The quantitative estimate of drug-likeness (QED) is 0.839. The topological polar surface area (TPSA) is 41.1 Å². The molecule has 18 heavy (non-hydrogen) atoms. The van der Waals surface area contributed by atoms with Crippen LogP contribution in [0.15, 0.2) is 21.1 Å². The molecule has 0 heterocycles. The van der Waals surface area contributed by atoms with Crippen LogP contribution in [0.25, 0.3) is 0 Å². The molecule has 0 fully saturated rings. The van der Waals surface area contributed by atoms with Gasteiger partial charge in [-0.1, -0.05) is 0 Å². The van der Waals surface area contributed by atoms with Gasteiger partial charge in [0.05, 0.1) is 12.2 Å². The van der Waals surface area contributed by atoms with E-state index in [2.05, 4.69) is 42.5 Å². The van der Waals surface area contributed by atoms with E-state index >= 15 is 0 Å². The van der Waals surface area contributed by atoms with E-state index in [9.17, 15) is 4.79 Å². The molecule has 0 saturated carbocycles. The first kappa shape index (κ1) is 15.5. The summed E-state index contributed by atoms with van der Waals surface area (Å²) in [6.45, 7) is 8.15. The molecule has 0 unspecified atom stereocenters. The number of amides is 1. The summed E-state index contributed by atoms with van der Waals surface area (Å²) in [4.78, 5) is 11.7. The highest BCUT2D eigenvalue weighted by molar-refractivity contribution is 9.11. The molecule has 1 aromatic carbocycles. The Morgan fingerprint density at radius 2 is 1.72 bits per heavy atom. The molecule has 0 saturated heterocycles. The summed E-state index contributed by atoms with van der Waals surface area (Å²) in [5.41, 5.74) is 1.84. The highest BCUT2D eigenvalue weighted by atomic mass is 79.9. The minimum atomic E-state index is -0.208. The molecular formula is C13H18Br2N2O. The number of benzene rings is 1. The molecule has 0 atom stereocenters. The first-order valence-electron chi connectivity index (χ1n) is 5.69. The molecular weight excluding hydrogens is 360 g/mol. The zero-order valence-corrected chi connectivity index (χ0v) is 14.2. The fourth-order valence-corrected chi connectivity index (χ4v) is 3.20. The minimum absolute atomic E-state index is 0.0260. The van der Waals surface area contributed by atoms with Crippen molar-refractivity contribution < 1.29 is 4.79 Å². The van der Waals surface area contributed by atoms with Crippen LogP contribution in [0.5, 0.6) is 0 Å². The maximum atomic E-state index is 11.7. The Labute approximate surface area is 125 Å². The summed E-state index contributed by atoms with van der Waals surface area (Å²) in [6, 6.07) is 4.02. The van der Waals surface area contributed by atoms with Gasteiger partial charge in [-0.3, -0.25) is 4.79 Å². The fraction of sp³-hybridized carbons (Fsp3) is 0.462. The predicted molar refractivity (Wildman–Crippen MR) is 83.0 cm³/mol. The fourth-order valence-electron chi connectivity index (χ4n) is 1.50. The number of hydrogen-bond donors (Lipinski definition) is 2. The van der Waals surface area contributed by atoms with E-state index in [-0.39, 0.29) is 18.0 Å². The molecule has 0 aliphatic carbocycles. The summed E-state index contributed by atoms with van der Waals surface area (Å²) >= 11 is 6.97. The Morgan fingerprint density at radius 3 is 2.17 bits per heavy atom. The average Bonchev–Trinajstić information content (AvgIpc) is 2.12. The zero-order chi connectivity index (χ0) is 13.9. The van der Waals surface area contributed by atoms with Crippen LogP contribution in [0.4, 0.5) is 5.69 Å². The largest absolute Gasteiger partial charge is 0.374 e. The predicted octanol–water partition coefficient (Wildman–Crippen LogP) is 3.85. The van der Waals surface area contributed by atoms with Gasteiger partial charge in [-0.15, -0.1) is 0 Å². The van der Waals surface area contributed by atoms with E-state index < -0.39 is 0 Å². The van der Waals surface area contributed by atoms with Crippen molar-refractivity contribution in [1.82, 2.24) is 5.32 Å². The maximum absolute atomic E-state index is 11.7. The van der Waals surface area contributed by atoms with Crippen LogP contribution < -0.4 is 10.6 Å². The third-order valence-electron chi connectivity index (χ3n) is 2.13. The molecule has 0 aliphatic heterocycles. The van der Waals surface area contributed by atoms with E-state index in [1.807, 2.05) is 39.8 Å². The molecule has 2 N–H and O–H groups in total. The lowest BCUT2D eigenvalue weighted by molar-refractivity contribution is -0.120. The number of aryl methyl sites for hydroxylation is 1. The van der Waals surface area contributed by atoms with Gasteiger partial charge in [-0.2, -0.15) is 0 Å². The van der Waals surface area contributed by atoms with Crippen LogP contribution in [0.2, 0.25) is 0 Å². The smallest absolute Gasteiger partial charge is 0.239 e. The van der Waals surface area contributed by atoms with Crippen LogP contribution in [0.3, 0.4) is 0 Å². The molecule has 0 radical (unpaired) electrons. The number of carbonyl (C=O) groups excluding carboxylic acids is 1. The van der Waals surface area contributed by atoms with Gasteiger partial charge in [-0.25, -0.2) is 0 Å². The molecule has 0 aliphatic rings. The van der Waals surface area contributed by atoms with E-state index in [0.29, 0.717) is 0 Å². The highest BCUT2D eigenvalue weighted by Crippen LogP contribution is 2.32. The Balaban J connectivity index is 2.67. The van der Waals surface area contributed by atoms with Crippen molar-refractivity contribution in [2.75, 3.05) is 11.9 Å². The second-order valence-electron chi connectivity index (χ2n) is 5.26. The summed E-state index contributed by atoms with van der Waals surface area (Å²) < 4.78 is 1.89. The van der Waals surface area contributed by atoms with Gasteiger partial charge in [0.2, 0.25) is 5.91 Å². The van der Waals surface area contributed by atoms with Gasteiger partial charge in [0.25, 0.3) is 0 Å². The Bertz CT molecular complexity index is 430. The molecule has 5 heteroatoms. The van der Waals surface area contributed by atoms with Crippen molar-refractivity contribution in [1.29, 1.82) is 0 Å². The van der Waals surface area contributed by atoms with Crippen LogP contribution in [0.1, 0.15) is 26.3 Å². The van der Waals surface area contributed by atoms with Crippen LogP contribution >= 0.6 is 31.9 Å². The molecule has 1 rings (SSSR count). The average molecular weight is 378 g/mol. The third kappa shape index (κ3) is 4.98. The van der Waals surface area contributed by atoms with Crippen molar-refractivity contribution in [3.8, 4) is 0 Å². The van der Waals surface area contributed by atoms with E-state index in [4.69, 9.17) is 0 Å². The first-order chi connectivity index (χ1) is 8.19. The van der Waals surface area contributed by atoms with Crippen molar-refractivity contribution in [3.63, 3.8) is 0 Å². The van der Waals surface area contributed by atoms with E-state index in [0.717, 1.165) is 20.2 Å². The second-order valence-corrected chi connectivity index (χ2v) is 6.96. The van der Waals surface area contributed by atoms with Crippen molar-refractivity contribution >= 4 is 43.5 Å². The monoisotopic (exact) mass is 376 g/mol. The summed E-state index contributed by atoms with van der Waals surface area (Å²) in [5, 5.41) is 6.03. The highest BCUT2D eigenvalue weighted by Gasteiger charge is 2.14. The van der Waals surface area contributed by atoms with Gasteiger partial charge in [0, 0.05) is 14.5 Å².